The third-order valence-electron chi connectivity index (χ3n) is 3.52. The SMILES string of the molecule is Cc1cc(F)ccc1NC(=O)Cn1c(=O)cnc2ccccc21. The van der Waals surface area contributed by atoms with E-state index in [1.165, 1.54) is 29.0 Å². The van der Waals surface area contributed by atoms with Crippen molar-refractivity contribution >= 4 is 22.6 Å². The van der Waals surface area contributed by atoms with E-state index in [-0.39, 0.29) is 23.8 Å². The van der Waals surface area contributed by atoms with E-state index in [4.69, 9.17) is 0 Å². The fourth-order valence-electron chi connectivity index (χ4n) is 2.38. The molecule has 23 heavy (non-hydrogen) atoms. The lowest BCUT2D eigenvalue weighted by molar-refractivity contribution is -0.116. The molecular formula is C17H14FN3O2. The van der Waals surface area contributed by atoms with E-state index < -0.39 is 0 Å². The lowest BCUT2D eigenvalue weighted by atomic mass is 10.2. The number of rotatable bonds is 3. The molecule has 0 spiro atoms. The molecule has 0 saturated carbocycles. The van der Waals surface area contributed by atoms with Crippen molar-refractivity contribution in [2.45, 2.75) is 13.5 Å². The number of benzene rings is 2. The van der Waals surface area contributed by atoms with Gasteiger partial charge in [0.05, 0.1) is 17.2 Å². The fourth-order valence-corrected chi connectivity index (χ4v) is 2.38. The molecule has 6 heteroatoms. The van der Waals surface area contributed by atoms with Gasteiger partial charge in [-0.2, -0.15) is 0 Å². The summed E-state index contributed by atoms with van der Waals surface area (Å²) in [7, 11) is 0. The quantitative estimate of drug-likeness (QED) is 0.808. The van der Waals surface area contributed by atoms with Crippen LogP contribution in [0.1, 0.15) is 5.56 Å². The maximum Gasteiger partial charge on any atom is 0.269 e. The van der Waals surface area contributed by atoms with Crippen molar-refractivity contribution in [3.63, 3.8) is 0 Å². The Morgan fingerprint density at radius 3 is 2.83 bits per heavy atom. The summed E-state index contributed by atoms with van der Waals surface area (Å²) in [6, 6.07) is 11.2. The first kappa shape index (κ1) is 14.9. The van der Waals surface area contributed by atoms with E-state index in [2.05, 4.69) is 10.3 Å². The molecule has 0 saturated heterocycles. The Hall–Kier alpha value is -3.02. The Labute approximate surface area is 131 Å². The van der Waals surface area contributed by atoms with Crippen LogP contribution < -0.4 is 10.9 Å². The number of aryl methyl sites for hydroxylation is 1. The van der Waals surface area contributed by atoms with Crippen LogP contribution in [-0.2, 0) is 11.3 Å². The standard InChI is InChI=1S/C17H14FN3O2/c1-11-8-12(18)6-7-13(11)20-16(22)10-21-15-5-3-2-4-14(15)19-9-17(21)23/h2-9H,10H2,1H3,(H,20,22). The summed E-state index contributed by atoms with van der Waals surface area (Å²) < 4.78 is 14.5. The normalized spacial score (nSPS) is 10.7. The van der Waals surface area contributed by atoms with Crippen molar-refractivity contribution in [1.82, 2.24) is 9.55 Å². The van der Waals surface area contributed by atoms with Crippen LogP contribution in [-0.4, -0.2) is 15.5 Å². The molecule has 0 atom stereocenters. The highest BCUT2D eigenvalue weighted by Crippen LogP contribution is 2.16. The minimum Gasteiger partial charge on any atom is -0.324 e. The Bertz CT molecular complexity index is 950. The Morgan fingerprint density at radius 1 is 1.26 bits per heavy atom. The molecule has 0 radical (unpaired) electrons. The predicted molar refractivity (Wildman–Crippen MR) is 85.8 cm³/mol. The van der Waals surface area contributed by atoms with Gasteiger partial charge in [0.15, 0.2) is 0 Å². The molecule has 0 aliphatic rings. The molecule has 1 N–H and O–H groups in total. The highest BCUT2D eigenvalue weighted by Gasteiger charge is 2.10. The molecule has 3 rings (SSSR count). The average Bonchev–Trinajstić information content (AvgIpc) is 2.53. The van der Waals surface area contributed by atoms with E-state index in [1.54, 1.807) is 25.1 Å². The van der Waals surface area contributed by atoms with Gasteiger partial charge in [0.2, 0.25) is 5.91 Å². The van der Waals surface area contributed by atoms with Gasteiger partial charge in [-0.15, -0.1) is 0 Å². The fraction of sp³-hybridized carbons (Fsp3) is 0.118. The first-order valence-corrected chi connectivity index (χ1v) is 7.05. The summed E-state index contributed by atoms with van der Waals surface area (Å²) in [5.41, 5.74) is 2.01. The summed E-state index contributed by atoms with van der Waals surface area (Å²) >= 11 is 0. The monoisotopic (exact) mass is 311 g/mol. The maximum atomic E-state index is 13.1. The third-order valence-corrected chi connectivity index (χ3v) is 3.52. The van der Waals surface area contributed by atoms with Gasteiger partial charge in [0.25, 0.3) is 5.56 Å². The van der Waals surface area contributed by atoms with E-state index in [9.17, 15) is 14.0 Å². The number of nitrogens with one attached hydrogen (secondary N) is 1. The molecule has 1 heterocycles. The summed E-state index contributed by atoms with van der Waals surface area (Å²) in [6.07, 6.45) is 1.19. The molecule has 0 unspecified atom stereocenters. The van der Waals surface area contributed by atoms with Crippen LogP contribution in [0.3, 0.4) is 0 Å². The number of hydrogen-bond donors (Lipinski definition) is 1. The van der Waals surface area contributed by atoms with Crippen LogP contribution in [0.2, 0.25) is 0 Å². The molecule has 0 bridgehead atoms. The molecule has 3 aromatic rings. The van der Waals surface area contributed by atoms with Crippen LogP contribution >= 0.6 is 0 Å². The van der Waals surface area contributed by atoms with Crippen LogP contribution in [0.5, 0.6) is 0 Å². The van der Waals surface area contributed by atoms with Crippen molar-refractivity contribution in [3.05, 3.63) is 70.4 Å². The number of para-hydroxylation sites is 2. The number of aromatic nitrogens is 2. The largest absolute Gasteiger partial charge is 0.324 e. The maximum absolute atomic E-state index is 13.1. The van der Waals surface area contributed by atoms with Crippen molar-refractivity contribution in [2.75, 3.05) is 5.32 Å². The lowest BCUT2D eigenvalue weighted by Gasteiger charge is -2.11. The zero-order chi connectivity index (χ0) is 16.4. The third kappa shape index (κ3) is 3.11. The Morgan fingerprint density at radius 2 is 2.04 bits per heavy atom. The van der Waals surface area contributed by atoms with Crippen LogP contribution in [0.25, 0.3) is 11.0 Å². The summed E-state index contributed by atoms with van der Waals surface area (Å²) in [5, 5.41) is 2.69. The number of hydrogen-bond acceptors (Lipinski definition) is 3. The van der Waals surface area contributed by atoms with Gasteiger partial charge >= 0.3 is 0 Å². The molecule has 0 aliphatic carbocycles. The summed E-state index contributed by atoms with van der Waals surface area (Å²) in [4.78, 5) is 28.3. The van der Waals surface area contributed by atoms with Gasteiger partial charge in [-0.1, -0.05) is 12.1 Å². The van der Waals surface area contributed by atoms with E-state index in [1.807, 2.05) is 6.07 Å². The zero-order valence-electron chi connectivity index (χ0n) is 12.4. The second-order valence-corrected chi connectivity index (χ2v) is 5.18. The Kier molecular flexibility index (Phi) is 3.89. The Balaban J connectivity index is 1.89. The number of amides is 1. The van der Waals surface area contributed by atoms with Gasteiger partial charge < -0.3 is 5.32 Å². The number of halogens is 1. The average molecular weight is 311 g/mol. The number of nitrogens with zero attached hydrogens (tertiary/aromatic N) is 2. The minimum absolute atomic E-state index is 0.140. The van der Waals surface area contributed by atoms with Gasteiger partial charge in [-0.05, 0) is 42.8 Å². The topological polar surface area (TPSA) is 64.0 Å². The highest BCUT2D eigenvalue weighted by atomic mass is 19.1. The predicted octanol–water partition coefficient (Wildman–Crippen LogP) is 2.48. The highest BCUT2D eigenvalue weighted by molar-refractivity contribution is 5.92. The molecule has 1 amide bonds. The summed E-state index contributed by atoms with van der Waals surface area (Å²) in [5.74, 6) is -0.727. The second kappa shape index (κ2) is 6.00. The number of fused-ring (bicyclic) bond motifs is 1. The van der Waals surface area contributed by atoms with Crippen molar-refractivity contribution in [1.29, 1.82) is 0 Å². The van der Waals surface area contributed by atoms with Crippen molar-refractivity contribution in [3.8, 4) is 0 Å². The van der Waals surface area contributed by atoms with E-state index >= 15 is 0 Å². The minimum atomic E-state index is -0.364. The summed E-state index contributed by atoms with van der Waals surface area (Å²) in [6.45, 7) is 1.56. The van der Waals surface area contributed by atoms with Gasteiger partial charge in [-0.25, -0.2) is 9.37 Å². The number of anilines is 1. The molecular weight excluding hydrogens is 297 g/mol. The van der Waals surface area contributed by atoms with Crippen LogP contribution in [0.4, 0.5) is 10.1 Å². The lowest BCUT2D eigenvalue weighted by Crippen LogP contribution is -2.28. The first-order chi connectivity index (χ1) is 11.0. The zero-order valence-corrected chi connectivity index (χ0v) is 12.4. The van der Waals surface area contributed by atoms with Crippen molar-refractivity contribution in [2.24, 2.45) is 0 Å². The van der Waals surface area contributed by atoms with Gasteiger partial charge in [-0.3, -0.25) is 14.2 Å². The molecule has 0 fully saturated rings. The molecule has 1 aromatic heterocycles. The van der Waals surface area contributed by atoms with Crippen LogP contribution in [0, 0.1) is 12.7 Å². The smallest absolute Gasteiger partial charge is 0.269 e. The van der Waals surface area contributed by atoms with E-state index in [0.29, 0.717) is 22.3 Å². The van der Waals surface area contributed by atoms with E-state index in [0.717, 1.165) is 0 Å². The van der Waals surface area contributed by atoms with Gasteiger partial charge in [0.1, 0.15) is 12.4 Å². The van der Waals surface area contributed by atoms with Crippen LogP contribution in [0.15, 0.2) is 53.5 Å². The number of carbonyl (C=O) groups is 1. The molecule has 2 aromatic carbocycles. The van der Waals surface area contributed by atoms with Crippen molar-refractivity contribution < 1.29 is 9.18 Å². The molecule has 116 valence electrons. The first-order valence-electron chi connectivity index (χ1n) is 7.05. The molecule has 5 nitrogen and oxygen atoms in total. The second-order valence-electron chi connectivity index (χ2n) is 5.18. The van der Waals surface area contributed by atoms with Gasteiger partial charge in [0, 0.05) is 5.69 Å². The molecule has 0 aliphatic heterocycles. The number of carbonyl (C=O) groups excluding carboxylic acids is 1.